The molecule has 0 radical (unpaired) electrons. The summed E-state index contributed by atoms with van der Waals surface area (Å²) in [6.07, 6.45) is 2.18. The van der Waals surface area contributed by atoms with Gasteiger partial charge in [0.05, 0.1) is 0 Å². The maximum absolute atomic E-state index is 12.1. The molecule has 1 unspecified atom stereocenters. The van der Waals surface area contributed by atoms with Gasteiger partial charge in [-0.1, -0.05) is 13.0 Å². The number of aromatic nitrogens is 2. The van der Waals surface area contributed by atoms with E-state index >= 15 is 0 Å². The van der Waals surface area contributed by atoms with Crippen molar-refractivity contribution < 1.29 is 9.21 Å². The second kappa shape index (κ2) is 6.18. The molecule has 0 saturated carbocycles. The van der Waals surface area contributed by atoms with Crippen molar-refractivity contribution in [3.63, 3.8) is 0 Å². The molecule has 0 bridgehead atoms. The van der Waals surface area contributed by atoms with Crippen LogP contribution in [0.15, 0.2) is 35.1 Å². The van der Waals surface area contributed by atoms with E-state index in [1.807, 2.05) is 32.0 Å². The molecular formula is C14H18N4O2. The highest BCUT2D eigenvalue weighted by atomic mass is 16.4. The smallest absolute Gasteiger partial charge is 0.321 e. The Hall–Kier alpha value is -2.37. The average Bonchev–Trinajstić information content (AvgIpc) is 3.00. The third-order valence-corrected chi connectivity index (χ3v) is 3.29. The molecule has 1 aromatic heterocycles. The third-order valence-electron chi connectivity index (χ3n) is 3.29. The standard InChI is InChI=1S/C14H18N4O2/c1-4-10(2)18(3)14(19)16-12-7-5-6-11(8-12)13-17-15-9-20-13/h5-10H,4H2,1-3H3,(H,16,19). The molecule has 1 N–H and O–H groups in total. The van der Waals surface area contributed by atoms with Gasteiger partial charge in [0.25, 0.3) is 0 Å². The monoisotopic (exact) mass is 274 g/mol. The molecule has 0 fully saturated rings. The first-order valence-electron chi connectivity index (χ1n) is 6.52. The Bertz CT molecular complexity index is 568. The van der Waals surface area contributed by atoms with Crippen molar-refractivity contribution in [1.29, 1.82) is 0 Å². The lowest BCUT2D eigenvalue weighted by Gasteiger charge is -2.24. The molecule has 1 aromatic carbocycles. The molecule has 1 atom stereocenters. The first-order valence-corrected chi connectivity index (χ1v) is 6.52. The molecule has 6 nitrogen and oxygen atoms in total. The minimum Gasteiger partial charge on any atom is -0.423 e. The van der Waals surface area contributed by atoms with Crippen LogP contribution in [0.1, 0.15) is 20.3 Å². The number of carbonyl (C=O) groups excluding carboxylic acids is 1. The number of urea groups is 1. The first-order chi connectivity index (χ1) is 9.61. The SMILES string of the molecule is CCC(C)N(C)C(=O)Nc1cccc(-c2nnco2)c1. The summed E-state index contributed by atoms with van der Waals surface area (Å²) in [6, 6.07) is 7.36. The normalized spacial score (nSPS) is 11.9. The summed E-state index contributed by atoms with van der Waals surface area (Å²) in [7, 11) is 1.78. The summed E-state index contributed by atoms with van der Waals surface area (Å²) in [5.41, 5.74) is 1.47. The maximum Gasteiger partial charge on any atom is 0.321 e. The average molecular weight is 274 g/mol. The summed E-state index contributed by atoms with van der Waals surface area (Å²) >= 11 is 0. The van der Waals surface area contributed by atoms with Gasteiger partial charge in [-0.15, -0.1) is 10.2 Å². The topological polar surface area (TPSA) is 71.3 Å². The Kier molecular flexibility index (Phi) is 4.34. The molecule has 2 rings (SSSR count). The van der Waals surface area contributed by atoms with Gasteiger partial charge in [0.1, 0.15) is 0 Å². The van der Waals surface area contributed by atoms with E-state index in [2.05, 4.69) is 15.5 Å². The van der Waals surface area contributed by atoms with E-state index in [0.29, 0.717) is 11.6 Å². The molecular weight excluding hydrogens is 256 g/mol. The summed E-state index contributed by atoms with van der Waals surface area (Å²) < 4.78 is 5.14. The van der Waals surface area contributed by atoms with Gasteiger partial charge in [0.15, 0.2) is 0 Å². The summed E-state index contributed by atoms with van der Waals surface area (Å²) in [5, 5.41) is 10.3. The lowest BCUT2D eigenvalue weighted by atomic mass is 10.2. The number of benzene rings is 1. The molecule has 0 aliphatic heterocycles. The van der Waals surface area contributed by atoms with Crippen molar-refractivity contribution in [2.75, 3.05) is 12.4 Å². The van der Waals surface area contributed by atoms with Crippen LogP contribution < -0.4 is 5.32 Å². The number of rotatable bonds is 4. The summed E-state index contributed by atoms with van der Waals surface area (Å²) in [4.78, 5) is 13.8. The lowest BCUT2D eigenvalue weighted by molar-refractivity contribution is 0.206. The Labute approximate surface area is 117 Å². The van der Waals surface area contributed by atoms with Crippen molar-refractivity contribution in [3.05, 3.63) is 30.7 Å². The van der Waals surface area contributed by atoms with Gasteiger partial charge < -0.3 is 14.6 Å². The zero-order valence-electron chi connectivity index (χ0n) is 11.8. The highest BCUT2D eigenvalue weighted by molar-refractivity contribution is 5.90. The van der Waals surface area contributed by atoms with Crippen LogP contribution in [0, 0.1) is 0 Å². The summed E-state index contributed by atoms with van der Waals surface area (Å²) in [6.45, 7) is 4.05. The zero-order chi connectivity index (χ0) is 14.5. The minimum atomic E-state index is -0.137. The molecule has 0 aliphatic carbocycles. The van der Waals surface area contributed by atoms with Gasteiger partial charge in [-0.2, -0.15) is 0 Å². The van der Waals surface area contributed by atoms with Crippen LogP contribution >= 0.6 is 0 Å². The van der Waals surface area contributed by atoms with E-state index in [1.54, 1.807) is 18.0 Å². The number of carbonyl (C=O) groups is 1. The Morgan fingerprint density at radius 1 is 1.50 bits per heavy atom. The Morgan fingerprint density at radius 3 is 2.95 bits per heavy atom. The van der Waals surface area contributed by atoms with E-state index in [-0.39, 0.29) is 12.1 Å². The predicted octanol–water partition coefficient (Wildman–Crippen LogP) is 3.00. The fraction of sp³-hybridized carbons (Fsp3) is 0.357. The molecule has 6 heteroatoms. The van der Waals surface area contributed by atoms with Gasteiger partial charge in [0, 0.05) is 24.3 Å². The van der Waals surface area contributed by atoms with Crippen molar-refractivity contribution in [3.8, 4) is 11.5 Å². The van der Waals surface area contributed by atoms with E-state index < -0.39 is 0 Å². The number of nitrogens with zero attached hydrogens (tertiary/aromatic N) is 3. The molecule has 2 aromatic rings. The Balaban J connectivity index is 2.10. The van der Waals surface area contributed by atoms with Crippen LogP contribution in [0.5, 0.6) is 0 Å². The largest absolute Gasteiger partial charge is 0.423 e. The van der Waals surface area contributed by atoms with Crippen LogP contribution in [0.3, 0.4) is 0 Å². The van der Waals surface area contributed by atoms with E-state index in [0.717, 1.165) is 12.0 Å². The van der Waals surface area contributed by atoms with Crippen LogP contribution in [-0.4, -0.2) is 34.2 Å². The molecule has 0 spiro atoms. The minimum absolute atomic E-state index is 0.137. The van der Waals surface area contributed by atoms with Crippen LogP contribution in [0.4, 0.5) is 10.5 Å². The van der Waals surface area contributed by atoms with Crippen LogP contribution in [0.25, 0.3) is 11.5 Å². The molecule has 2 amide bonds. The predicted molar refractivity (Wildman–Crippen MR) is 76.3 cm³/mol. The van der Waals surface area contributed by atoms with Gasteiger partial charge >= 0.3 is 6.03 Å². The third kappa shape index (κ3) is 3.14. The van der Waals surface area contributed by atoms with E-state index in [1.165, 1.54) is 6.39 Å². The van der Waals surface area contributed by atoms with E-state index in [4.69, 9.17) is 4.42 Å². The highest BCUT2D eigenvalue weighted by Crippen LogP contribution is 2.20. The number of amides is 2. The Morgan fingerprint density at radius 2 is 2.30 bits per heavy atom. The maximum atomic E-state index is 12.1. The number of anilines is 1. The molecule has 20 heavy (non-hydrogen) atoms. The highest BCUT2D eigenvalue weighted by Gasteiger charge is 2.14. The van der Waals surface area contributed by atoms with Gasteiger partial charge in [-0.05, 0) is 31.5 Å². The van der Waals surface area contributed by atoms with Crippen molar-refractivity contribution in [2.45, 2.75) is 26.3 Å². The lowest BCUT2D eigenvalue weighted by Crippen LogP contribution is -2.37. The quantitative estimate of drug-likeness (QED) is 0.930. The first kappa shape index (κ1) is 14.0. The molecule has 0 saturated heterocycles. The van der Waals surface area contributed by atoms with Gasteiger partial charge in [-0.25, -0.2) is 4.79 Å². The second-order valence-corrected chi connectivity index (χ2v) is 4.62. The molecule has 1 heterocycles. The number of hydrogen-bond acceptors (Lipinski definition) is 4. The van der Waals surface area contributed by atoms with Gasteiger partial charge in [0.2, 0.25) is 12.3 Å². The fourth-order valence-electron chi connectivity index (χ4n) is 1.71. The van der Waals surface area contributed by atoms with Gasteiger partial charge in [-0.3, -0.25) is 0 Å². The van der Waals surface area contributed by atoms with E-state index in [9.17, 15) is 4.79 Å². The van der Waals surface area contributed by atoms with Crippen molar-refractivity contribution in [1.82, 2.24) is 15.1 Å². The number of nitrogens with one attached hydrogen (secondary N) is 1. The number of hydrogen-bond donors (Lipinski definition) is 1. The van der Waals surface area contributed by atoms with Crippen LogP contribution in [-0.2, 0) is 0 Å². The van der Waals surface area contributed by atoms with Crippen molar-refractivity contribution >= 4 is 11.7 Å². The molecule has 106 valence electrons. The molecule has 0 aliphatic rings. The zero-order valence-corrected chi connectivity index (χ0v) is 11.8. The van der Waals surface area contributed by atoms with Crippen molar-refractivity contribution in [2.24, 2.45) is 0 Å². The summed E-state index contributed by atoms with van der Waals surface area (Å²) in [5.74, 6) is 0.427. The second-order valence-electron chi connectivity index (χ2n) is 4.62. The fourth-order valence-corrected chi connectivity index (χ4v) is 1.71. The van der Waals surface area contributed by atoms with Crippen LogP contribution in [0.2, 0.25) is 0 Å².